The Bertz CT molecular complexity index is 582. The van der Waals surface area contributed by atoms with Gasteiger partial charge in [0.15, 0.2) is 0 Å². The predicted molar refractivity (Wildman–Crippen MR) is 180 cm³/mol. The van der Waals surface area contributed by atoms with E-state index >= 15 is 0 Å². The minimum atomic E-state index is -0.870. The molecule has 2 N–H and O–H groups in total. The first-order chi connectivity index (χ1) is 20.5. The van der Waals surface area contributed by atoms with E-state index in [1.54, 1.807) is 0 Å². The van der Waals surface area contributed by atoms with Gasteiger partial charge in [0.1, 0.15) is 6.04 Å². The van der Waals surface area contributed by atoms with Gasteiger partial charge in [-0.15, -0.1) is 0 Å². The molecule has 1 unspecified atom stereocenters. The number of hydrogen-bond acceptors (Lipinski definition) is 4. The summed E-state index contributed by atoms with van der Waals surface area (Å²) in [5.74, 6) is -0.679. The highest BCUT2D eigenvalue weighted by molar-refractivity contribution is 5.75. The number of unbranched alkanes of at least 4 members (excludes halogenated alkanes) is 21. The average molecular weight is 596 g/mol. The number of carboxylic acid groups (broad SMARTS) is 1. The van der Waals surface area contributed by atoms with Crippen LogP contribution in [0.2, 0.25) is 0 Å². The van der Waals surface area contributed by atoms with Crippen molar-refractivity contribution in [3.63, 3.8) is 0 Å². The lowest BCUT2D eigenvalue weighted by molar-refractivity contribution is -0.146. The van der Waals surface area contributed by atoms with Crippen molar-refractivity contribution in [2.45, 2.75) is 207 Å². The maximum atomic E-state index is 12.5. The molecule has 0 rings (SSSR count). The first kappa shape index (κ1) is 40.9. The zero-order valence-electron chi connectivity index (χ0n) is 28.5. The Morgan fingerprint density at radius 3 is 1.33 bits per heavy atom. The highest BCUT2D eigenvalue weighted by atomic mass is 16.5. The minimum absolute atomic E-state index is 0.170. The van der Waals surface area contributed by atoms with E-state index in [1.165, 1.54) is 141 Å². The highest BCUT2D eigenvalue weighted by Gasteiger charge is 2.19. The van der Waals surface area contributed by atoms with Crippen LogP contribution in [0.3, 0.4) is 0 Å². The molecule has 5 heteroatoms. The highest BCUT2D eigenvalue weighted by Crippen LogP contribution is 2.20. The molecule has 250 valence electrons. The van der Waals surface area contributed by atoms with Crippen molar-refractivity contribution >= 4 is 11.9 Å². The largest absolute Gasteiger partial charge is 0.480 e. The van der Waals surface area contributed by atoms with Crippen molar-refractivity contribution in [1.29, 1.82) is 0 Å². The minimum Gasteiger partial charge on any atom is -0.480 e. The van der Waals surface area contributed by atoms with E-state index in [-0.39, 0.29) is 12.4 Å². The van der Waals surface area contributed by atoms with Crippen LogP contribution < -0.4 is 5.32 Å². The molecule has 5 nitrogen and oxygen atoms in total. The van der Waals surface area contributed by atoms with Crippen molar-refractivity contribution in [2.24, 2.45) is 5.92 Å². The Balaban J connectivity index is 4.21. The Labute approximate surface area is 262 Å². The van der Waals surface area contributed by atoms with Gasteiger partial charge in [-0.25, -0.2) is 0 Å². The summed E-state index contributed by atoms with van der Waals surface area (Å²) in [5.41, 5.74) is 0. The molecular formula is C37H73NO4. The predicted octanol–water partition coefficient (Wildman–Crippen LogP) is 11.2. The van der Waals surface area contributed by atoms with Gasteiger partial charge in [-0.2, -0.15) is 0 Å². The molecule has 0 bridgehead atoms. The average Bonchev–Trinajstić information content (AvgIpc) is 2.98. The van der Waals surface area contributed by atoms with Gasteiger partial charge in [0.05, 0.1) is 6.61 Å². The summed E-state index contributed by atoms with van der Waals surface area (Å²) in [6, 6.07) is -0.674. The van der Waals surface area contributed by atoms with E-state index in [0.717, 1.165) is 25.7 Å². The first-order valence-electron chi connectivity index (χ1n) is 18.7. The molecule has 0 aliphatic carbocycles. The molecule has 0 saturated heterocycles. The fourth-order valence-electron chi connectivity index (χ4n) is 5.84. The van der Waals surface area contributed by atoms with E-state index in [1.807, 2.05) is 0 Å². The fourth-order valence-corrected chi connectivity index (χ4v) is 5.84. The number of rotatable bonds is 34. The summed E-state index contributed by atoms with van der Waals surface area (Å²) >= 11 is 0. The summed E-state index contributed by atoms with van der Waals surface area (Å²) in [6.45, 7) is 7.95. The zero-order chi connectivity index (χ0) is 30.9. The third-order valence-corrected chi connectivity index (χ3v) is 8.77. The third-order valence-electron chi connectivity index (χ3n) is 8.77. The molecule has 0 aromatic carbocycles. The van der Waals surface area contributed by atoms with Crippen molar-refractivity contribution in [2.75, 3.05) is 13.2 Å². The standard InChI is InChI=1S/C37H73NO4/c1-4-7-10-13-16-18-19-21-24-27-32-38-35(37(40)41)30-31-36(39)42-33-34(28-25-22-15-12-9-6-3)29-26-23-20-17-14-11-8-5-2/h34-35,38H,4-33H2,1-3H3,(H,40,41)/t34?,35-/m0/s1. The van der Waals surface area contributed by atoms with Gasteiger partial charge in [0.25, 0.3) is 0 Å². The molecular weight excluding hydrogens is 522 g/mol. The summed E-state index contributed by atoms with van der Waals surface area (Å²) in [4.78, 5) is 24.3. The number of hydrogen-bond donors (Lipinski definition) is 2. The second kappa shape index (κ2) is 32.8. The summed E-state index contributed by atoms with van der Waals surface area (Å²) in [7, 11) is 0. The number of carboxylic acids is 1. The normalized spacial score (nSPS) is 12.8. The van der Waals surface area contributed by atoms with Crippen molar-refractivity contribution in [3.8, 4) is 0 Å². The number of carbonyl (C=O) groups is 2. The number of aliphatic carboxylic acids is 1. The Morgan fingerprint density at radius 2 is 0.929 bits per heavy atom. The molecule has 0 aliphatic heterocycles. The number of ether oxygens (including phenoxy) is 1. The van der Waals surface area contributed by atoms with E-state index in [2.05, 4.69) is 26.1 Å². The molecule has 0 fully saturated rings. The summed E-state index contributed by atoms with van der Waals surface area (Å²) in [6.07, 6.45) is 33.6. The molecule has 0 heterocycles. The lowest BCUT2D eigenvalue weighted by Crippen LogP contribution is -2.37. The van der Waals surface area contributed by atoms with Crippen LogP contribution in [0.4, 0.5) is 0 Å². The smallest absolute Gasteiger partial charge is 0.320 e. The van der Waals surface area contributed by atoms with Crippen LogP contribution in [0.15, 0.2) is 0 Å². The van der Waals surface area contributed by atoms with Gasteiger partial charge in [-0.1, -0.05) is 168 Å². The van der Waals surface area contributed by atoms with Crippen LogP contribution in [0, 0.1) is 5.92 Å². The number of esters is 1. The van der Waals surface area contributed by atoms with E-state index in [4.69, 9.17) is 4.74 Å². The monoisotopic (exact) mass is 596 g/mol. The summed E-state index contributed by atoms with van der Waals surface area (Å²) in [5, 5.41) is 12.8. The molecule has 0 aliphatic rings. The quantitative estimate of drug-likeness (QED) is 0.0571. The van der Waals surface area contributed by atoms with Crippen molar-refractivity contribution in [1.82, 2.24) is 5.32 Å². The second-order valence-corrected chi connectivity index (χ2v) is 12.9. The van der Waals surface area contributed by atoms with Crippen LogP contribution >= 0.6 is 0 Å². The van der Waals surface area contributed by atoms with Crippen LogP contribution in [0.25, 0.3) is 0 Å². The molecule has 0 radical (unpaired) electrons. The van der Waals surface area contributed by atoms with Crippen molar-refractivity contribution < 1.29 is 19.4 Å². The molecule has 0 aromatic heterocycles. The molecule has 42 heavy (non-hydrogen) atoms. The lowest BCUT2D eigenvalue weighted by Gasteiger charge is -2.18. The van der Waals surface area contributed by atoms with Gasteiger partial charge in [-0.3, -0.25) is 9.59 Å². The van der Waals surface area contributed by atoms with Gasteiger partial charge >= 0.3 is 11.9 Å². The molecule has 0 aromatic rings. The SMILES string of the molecule is CCCCCCCCCCCCN[C@@H](CCC(=O)OCC(CCCCCCCC)CCCCCCCCCC)C(=O)O. The van der Waals surface area contributed by atoms with Gasteiger partial charge in [0.2, 0.25) is 0 Å². The first-order valence-corrected chi connectivity index (χ1v) is 18.7. The van der Waals surface area contributed by atoms with Crippen molar-refractivity contribution in [3.05, 3.63) is 0 Å². The lowest BCUT2D eigenvalue weighted by atomic mass is 9.94. The second-order valence-electron chi connectivity index (χ2n) is 12.9. The zero-order valence-corrected chi connectivity index (χ0v) is 28.5. The maximum absolute atomic E-state index is 12.5. The Hall–Kier alpha value is -1.10. The topological polar surface area (TPSA) is 75.6 Å². The Kier molecular flexibility index (Phi) is 31.9. The third kappa shape index (κ3) is 29.0. The number of carbonyl (C=O) groups excluding carboxylic acids is 1. The fraction of sp³-hybridized carbons (Fsp3) is 0.946. The molecule has 0 amide bonds. The van der Waals surface area contributed by atoms with Crippen LogP contribution in [-0.2, 0) is 14.3 Å². The van der Waals surface area contributed by atoms with E-state index < -0.39 is 12.0 Å². The maximum Gasteiger partial charge on any atom is 0.320 e. The van der Waals surface area contributed by atoms with Gasteiger partial charge in [0, 0.05) is 6.42 Å². The van der Waals surface area contributed by atoms with Crippen LogP contribution in [0.1, 0.15) is 201 Å². The summed E-state index contributed by atoms with van der Waals surface area (Å²) < 4.78 is 5.70. The van der Waals surface area contributed by atoms with E-state index in [9.17, 15) is 14.7 Å². The van der Waals surface area contributed by atoms with E-state index in [0.29, 0.717) is 25.5 Å². The number of nitrogens with one attached hydrogen (secondary N) is 1. The molecule has 2 atom stereocenters. The molecule has 0 spiro atoms. The van der Waals surface area contributed by atoms with Crippen LogP contribution in [-0.4, -0.2) is 36.2 Å². The van der Waals surface area contributed by atoms with Gasteiger partial charge < -0.3 is 15.2 Å². The Morgan fingerprint density at radius 1 is 0.548 bits per heavy atom. The molecule has 0 saturated carbocycles. The van der Waals surface area contributed by atoms with Gasteiger partial charge in [-0.05, 0) is 38.1 Å². The van der Waals surface area contributed by atoms with Crippen LogP contribution in [0.5, 0.6) is 0 Å².